The van der Waals surface area contributed by atoms with E-state index in [1.807, 2.05) is 11.3 Å². The van der Waals surface area contributed by atoms with E-state index in [2.05, 4.69) is 29.8 Å². The van der Waals surface area contributed by atoms with E-state index >= 15 is 0 Å². The Kier molecular flexibility index (Phi) is 6.90. The third kappa shape index (κ3) is 5.64. The van der Waals surface area contributed by atoms with Crippen molar-refractivity contribution in [2.45, 2.75) is 64.0 Å². The molecule has 1 aromatic rings. The molecule has 1 aliphatic rings. The first kappa shape index (κ1) is 15.0. The second kappa shape index (κ2) is 8.72. The zero-order valence-corrected chi connectivity index (χ0v) is 12.9. The first-order chi connectivity index (χ1) is 9.38. The van der Waals surface area contributed by atoms with E-state index in [4.69, 9.17) is 4.74 Å². The normalized spacial score (nSPS) is 20.8. The monoisotopic (exact) mass is 281 g/mol. The highest BCUT2D eigenvalue weighted by Gasteiger charge is 2.17. The van der Waals surface area contributed by atoms with Crippen molar-refractivity contribution >= 4 is 11.3 Å². The standard InChI is InChI=1S/C16H27NOS/c1-2-11-17-14(7-9-15-5-3-12-18-15)8-10-16-6-4-13-19-16/h4,6,13-15,17H,2-3,5,7-12H2,1H3. The van der Waals surface area contributed by atoms with Crippen LogP contribution in [0.1, 0.15) is 50.3 Å². The first-order valence-corrected chi connectivity index (χ1v) is 8.64. The number of nitrogens with one attached hydrogen (secondary N) is 1. The van der Waals surface area contributed by atoms with E-state index in [1.54, 1.807) is 0 Å². The summed E-state index contributed by atoms with van der Waals surface area (Å²) in [6.45, 7) is 4.36. The minimum atomic E-state index is 0.535. The quantitative estimate of drug-likeness (QED) is 0.738. The summed E-state index contributed by atoms with van der Waals surface area (Å²) in [4.78, 5) is 1.51. The third-order valence-corrected chi connectivity index (χ3v) is 4.80. The summed E-state index contributed by atoms with van der Waals surface area (Å²) in [5, 5.41) is 5.88. The van der Waals surface area contributed by atoms with Crippen LogP contribution in [0.3, 0.4) is 0 Å². The van der Waals surface area contributed by atoms with Crippen LogP contribution in [0.15, 0.2) is 17.5 Å². The summed E-state index contributed by atoms with van der Waals surface area (Å²) >= 11 is 1.88. The van der Waals surface area contributed by atoms with Crippen LogP contribution in [-0.2, 0) is 11.2 Å². The highest BCUT2D eigenvalue weighted by molar-refractivity contribution is 7.09. The smallest absolute Gasteiger partial charge is 0.0576 e. The number of thiophene rings is 1. The van der Waals surface area contributed by atoms with Crippen molar-refractivity contribution in [1.29, 1.82) is 0 Å². The van der Waals surface area contributed by atoms with Gasteiger partial charge < -0.3 is 10.1 Å². The predicted molar refractivity (Wildman–Crippen MR) is 82.9 cm³/mol. The Labute approximate surface area is 121 Å². The van der Waals surface area contributed by atoms with Crippen molar-refractivity contribution in [3.63, 3.8) is 0 Å². The topological polar surface area (TPSA) is 21.3 Å². The SMILES string of the molecule is CCCNC(CCc1cccs1)CCC1CCCO1. The second-order valence-electron chi connectivity index (χ2n) is 5.48. The summed E-state index contributed by atoms with van der Waals surface area (Å²) in [7, 11) is 0. The number of ether oxygens (including phenoxy) is 1. The van der Waals surface area contributed by atoms with Crippen LogP contribution in [0.25, 0.3) is 0 Å². The molecule has 1 aliphatic heterocycles. The molecule has 1 fully saturated rings. The molecule has 2 unspecified atom stereocenters. The molecule has 2 rings (SSSR count). The van der Waals surface area contributed by atoms with Crippen LogP contribution in [-0.4, -0.2) is 25.3 Å². The molecule has 0 aromatic carbocycles. The number of hydrogen-bond acceptors (Lipinski definition) is 3. The molecule has 0 spiro atoms. The van der Waals surface area contributed by atoms with Gasteiger partial charge in [0.1, 0.15) is 0 Å². The number of rotatable bonds is 9. The molecular formula is C16H27NOS. The maximum atomic E-state index is 5.73. The van der Waals surface area contributed by atoms with Gasteiger partial charge in [-0.25, -0.2) is 0 Å². The van der Waals surface area contributed by atoms with E-state index in [0.29, 0.717) is 12.1 Å². The van der Waals surface area contributed by atoms with Gasteiger partial charge in [-0.15, -0.1) is 11.3 Å². The number of aryl methyl sites for hydroxylation is 1. The highest BCUT2D eigenvalue weighted by atomic mass is 32.1. The van der Waals surface area contributed by atoms with Gasteiger partial charge >= 0.3 is 0 Å². The average Bonchev–Trinajstić information content (AvgIpc) is 3.11. The molecule has 108 valence electrons. The summed E-state index contributed by atoms with van der Waals surface area (Å²) < 4.78 is 5.73. The first-order valence-electron chi connectivity index (χ1n) is 7.76. The lowest BCUT2D eigenvalue weighted by Gasteiger charge is -2.20. The molecule has 2 heterocycles. The summed E-state index contributed by atoms with van der Waals surface area (Å²) in [5.41, 5.74) is 0. The van der Waals surface area contributed by atoms with Gasteiger partial charge in [0.25, 0.3) is 0 Å². The van der Waals surface area contributed by atoms with Gasteiger partial charge in [0.2, 0.25) is 0 Å². The minimum absolute atomic E-state index is 0.535. The molecule has 0 amide bonds. The van der Waals surface area contributed by atoms with E-state index in [-0.39, 0.29) is 0 Å². The van der Waals surface area contributed by atoms with Gasteiger partial charge in [-0.05, 0) is 62.9 Å². The largest absolute Gasteiger partial charge is 0.378 e. The van der Waals surface area contributed by atoms with Crippen molar-refractivity contribution in [3.05, 3.63) is 22.4 Å². The maximum absolute atomic E-state index is 5.73. The van der Waals surface area contributed by atoms with Gasteiger partial charge in [-0.2, -0.15) is 0 Å². The molecule has 0 aliphatic carbocycles. The fourth-order valence-electron chi connectivity index (χ4n) is 2.73. The molecule has 2 nitrogen and oxygen atoms in total. The lowest BCUT2D eigenvalue weighted by atomic mass is 10.0. The summed E-state index contributed by atoms with van der Waals surface area (Å²) in [5.74, 6) is 0. The minimum Gasteiger partial charge on any atom is -0.378 e. The molecule has 1 aromatic heterocycles. The molecule has 0 radical (unpaired) electrons. The molecule has 2 atom stereocenters. The van der Waals surface area contributed by atoms with Gasteiger partial charge in [-0.1, -0.05) is 13.0 Å². The molecular weight excluding hydrogens is 254 g/mol. The zero-order valence-electron chi connectivity index (χ0n) is 12.1. The van der Waals surface area contributed by atoms with Crippen LogP contribution in [0.5, 0.6) is 0 Å². The Hall–Kier alpha value is -0.380. The Morgan fingerprint density at radius 2 is 2.42 bits per heavy atom. The summed E-state index contributed by atoms with van der Waals surface area (Å²) in [6, 6.07) is 5.06. The van der Waals surface area contributed by atoms with Gasteiger partial charge in [0.15, 0.2) is 0 Å². The highest BCUT2D eigenvalue weighted by Crippen LogP contribution is 2.20. The van der Waals surface area contributed by atoms with E-state index in [9.17, 15) is 0 Å². The van der Waals surface area contributed by atoms with Gasteiger partial charge in [0.05, 0.1) is 6.10 Å². The Bertz CT molecular complexity index is 319. The molecule has 0 saturated carbocycles. The van der Waals surface area contributed by atoms with Crippen LogP contribution in [0, 0.1) is 0 Å². The van der Waals surface area contributed by atoms with Crippen LogP contribution >= 0.6 is 11.3 Å². The lowest BCUT2D eigenvalue weighted by molar-refractivity contribution is 0.0993. The van der Waals surface area contributed by atoms with Crippen molar-refractivity contribution in [3.8, 4) is 0 Å². The second-order valence-corrected chi connectivity index (χ2v) is 6.51. The molecule has 1 saturated heterocycles. The van der Waals surface area contributed by atoms with Crippen molar-refractivity contribution in [2.75, 3.05) is 13.2 Å². The average molecular weight is 281 g/mol. The fraction of sp³-hybridized carbons (Fsp3) is 0.750. The Morgan fingerprint density at radius 1 is 1.47 bits per heavy atom. The third-order valence-electron chi connectivity index (χ3n) is 3.86. The van der Waals surface area contributed by atoms with E-state index in [1.165, 1.54) is 49.8 Å². The van der Waals surface area contributed by atoms with Crippen molar-refractivity contribution in [2.24, 2.45) is 0 Å². The zero-order chi connectivity index (χ0) is 13.3. The summed E-state index contributed by atoms with van der Waals surface area (Å²) in [6.07, 6.45) is 9.24. The maximum Gasteiger partial charge on any atom is 0.0576 e. The molecule has 3 heteroatoms. The Morgan fingerprint density at radius 3 is 3.11 bits per heavy atom. The van der Waals surface area contributed by atoms with E-state index < -0.39 is 0 Å². The van der Waals surface area contributed by atoms with Crippen molar-refractivity contribution < 1.29 is 4.74 Å². The van der Waals surface area contributed by atoms with Crippen molar-refractivity contribution in [1.82, 2.24) is 5.32 Å². The lowest BCUT2D eigenvalue weighted by Crippen LogP contribution is -2.31. The van der Waals surface area contributed by atoms with E-state index in [0.717, 1.165) is 13.2 Å². The Balaban J connectivity index is 1.70. The van der Waals surface area contributed by atoms with Gasteiger partial charge in [-0.3, -0.25) is 0 Å². The molecule has 1 N–H and O–H groups in total. The van der Waals surface area contributed by atoms with Crippen LogP contribution in [0.2, 0.25) is 0 Å². The fourth-order valence-corrected chi connectivity index (χ4v) is 3.45. The van der Waals surface area contributed by atoms with Gasteiger partial charge in [0, 0.05) is 17.5 Å². The molecule has 19 heavy (non-hydrogen) atoms. The molecule has 0 bridgehead atoms. The predicted octanol–water partition coefficient (Wildman–Crippen LogP) is 4.01. The number of hydrogen-bond donors (Lipinski definition) is 1. The van der Waals surface area contributed by atoms with Crippen LogP contribution < -0.4 is 5.32 Å². The van der Waals surface area contributed by atoms with Crippen LogP contribution in [0.4, 0.5) is 0 Å².